The maximum absolute atomic E-state index is 15.0. The lowest BCUT2D eigenvalue weighted by molar-refractivity contribution is 0.227. The van der Waals surface area contributed by atoms with Gasteiger partial charge in [-0.1, -0.05) is 44.9 Å². The molecule has 0 amide bonds. The fraction of sp³-hybridized carbons (Fsp3) is 0.680. The quantitative estimate of drug-likeness (QED) is 0.481. The minimum Gasteiger partial charge on any atom is -0.316 e. The number of benzene rings is 1. The van der Waals surface area contributed by atoms with Crippen molar-refractivity contribution in [3.8, 4) is 0 Å². The van der Waals surface area contributed by atoms with Crippen molar-refractivity contribution in [2.75, 3.05) is 0 Å². The topological polar surface area (TPSA) is 38.0 Å². The van der Waals surface area contributed by atoms with Crippen LogP contribution in [0.5, 0.6) is 0 Å². The zero-order chi connectivity index (χ0) is 21.0. The molecule has 2 fully saturated rings. The lowest BCUT2D eigenvalue weighted by Gasteiger charge is -2.32. The fourth-order valence-corrected chi connectivity index (χ4v) is 5.41. The molecular weight excluding hydrogens is 366 g/mol. The van der Waals surface area contributed by atoms with E-state index in [0.29, 0.717) is 23.0 Å². The van der Waals surface area contributed by atoms with Crippen LogP contribution in [0.25, 0.3) is 0 Å². The third-order valence-electron chi connectivity index (χ3n) is 7.45. The zero-order valence-corrected chi connectivity index (χ0v) is 18.1. The molecule has 29 heavy (non-hydrogen) atoms. The second-order valence-electron chi connectivity index (χ2n) is 9.38. The maximum atomic E-state index is 15.0. The summed E-state index contributed by atoms with van der Waals surface area (Å²) in [5, 5.41) is 3.15. The lowest BCUT2D eigenvalue weighted by atomic mass is 9.74. The first kappa shape index (κ1) is 22.4. The molecule has 1 aliphatic heterocycles. The number of allylic oxidation sites excluding steroid dienone is 1. The molecule has 1 saturated heterocycles. The van der Waals surface area contributed by atoms with Gasteiger partial charge in [0.15, 0.2) is 11.6 Å². The lowest BCUT2D eigenvalue weighted by Crippen LogP contribution is -2.32. The predicted molar refractivity (Wildman–Crippen MR) is 117 cm³/mol. The molecule has 4 atom stereocenters. The van der Waals surface area contributed by atoms with E-state index in [9.17, 15) is 8.78 Å². The number of hydrogen-bond donors (Lipinski definition) is 2. The van der Waals surface area contributed by atoms with Crippen molar-refractivity contribution >= 4 is 0 Å². The van der Waals surface area contributed by atoms with Gasteiger partial charge < -0.3 is 5.73 Å². The van der Waals surface area contributed by atoms with E-state index in [1.807, 2.05) is 0 Å². The predicted octanol–water partition coefficient (Wildman–Crippen LogP) is 6.58. The van der Waals surface area contributed by atoms with Crippen LogP contribution < -0.4 is 11.1 Å². The zero-order valence-electron chi connectivity index (χ0n) is 18.1. The Morgan fingerprint density at radius 3 is 2.41 bits per heavy atom. The Labute approximate surface area is 175 Å². The fourth-order valence-electron chi connectivity index (χ4n) is 5.41. The molecule has 2 aliphatic rings. The van der Waals surface area contributed by atoms with Gasteiger partial charge in [-0.05, 0) is 74.2 Å². The van der Waals surface area contributed by atoms with Crippen LogP contribution >= 0.6 is 0 Å². The van der Waals surface area contributed by atoms with Gasteiger partial charge in [-0.3, -0.25) is 5.32 Å². The highest BCUT2D eigenvalue weighted by atomic mass is 19.2. The van der Waals surface area contributed by atoms with Crippen LogP contribution in [0.2, 0.25) is 0 Å². The molecule has 1 heterocycles. The highest BCUT2D eigenvalue weighted by Crippen LogP contribution is 2.39. The summed E-state index contributed by atoms with van der Waals surface area (Å²) in [5.41, 5.74) is 6.80. The number of hydrogen-bond acceptors (Lipinski definition) is 2. The highest BCUT2D eigenvalue weighted by Gasteiger charge is 2.29. The molecule has 162 valence electrons. The number of rotatable bonds is 8. The minimum absolute atomic E-state index is 0.0438. The van der Waals surface area contributed by atoms with E-state index in [2.05, 4.69) is 31.8 Å². The summed E-state index contributed by atoms with van der Waals surface area (Å²) < 4.78 is 29.9. The van der Waals surface area contributed by atoms with Gasteiger partial charge in [-0.2, -0.15) is 0 Å². The normalized spacial score (nSPS) is 29.6. The first-order chi connectivity index (χ1) is 13.9. The first-order valence-corrected chi connectivity index (χ1v) is 11.6. The van der Waals surface area contributed by atoms with Crippen LogP contribution in [-0.2, 0) is 0 Å². The molecule has 1 aromatic rings. The minimum atomic E-state index is -0.700. The van der Waals surface area contributed by atoms with Crippen molar-refractivity contribution < 1.29 is 8.78 Å². The van der Waals surface area contributed by atoms with Crippen LogP contribution in [0.1, 0.15) is 94.7 Å². The SMILES string of the molecule is C=CC(CCC(CC)c1ccc(C2CCC(N)N2)c(F)c1F)C1CCC(C)CC1. The smallest absolute Gasteiger partial charge is 0.163 e. The number of nitrogens with one attached hydrogen (secondary N) is 1. The monoisotopic (exact) mass is 404 g/mol. The van der Waals surface area contributed by atoms with Crippen molar-refractivity contribution in [2.45, 2.75) is 89.8 Å². The van der Waals surface area contributed by atoms with Gasteiger partial charge in [0.25, 0.3) is 0 Å². The molecule has 1 aromatic carbocycles. The van der Waals surface area contributed by atoms with E-state index in [0.717, 1.165) is 38.0 Å². The van der Waals surface area contributed by atoms with E-state index in [-0.39, 0.29) is 18.1 Å². The number of nitrogens with two attached hydrogens (primary N) is 1. The summed E-state index contributed by atoms with van der Waals surface area (Å²) in [6.45, 7) is 8.48. The van der Waals surface area contributed by atoms with Gasteiger partial charge in [-0.15, -0.1) is 6.58 Å². The van der Waals surface area contributed by atoms with Crippen molar-refractivity contribution in [1.29, 1.82) is 0 Å². The molecule has 0 spiro atoms. The second kappa shape index (κ2) is 10.2. The van der Waals surface area contributed by atoms with E-state index in [4.69, 9.17) is 5.73 Å². The third kappa shape index (κ3) is 5.27. The van der Waals surface area contributed by atoms with Crippen molar-refractivity contribution in [3.63, 3.8) is 0 Å². The molecular formula is C25H38F2N2. The average molecular weight is 405 g/mol. The summed E-state index contributed by atoms with van der Waals surface area (Å²) in [5.74, 6) is 0.685. The summed E-state index contributed by atoms with van der Waals surface area (Å²) in [6.07, 6.45) is 11.3. The molecule has 2 nitrogen and oxygen atoms in total. The Bertz CT molecular complexity index is 682. The van der Waals surface area contributed by atoms with Crippen molar-refractivity contribution in [3.05, 3.63) is 47.5 Å². The summed E-state index contributed by atoms with van der Waals surface area (Å²) in [4.78, 5) is 0. The van der Waals surface area contributed by atoms with Crippen molar-refractivity contribution in [2.24, 2.45) is 23.5 Å². The standard InChI is InChI=1S/C25H38F2N2/c1-4-17(19-8-6-16(3)7-9-19)10-11-18(5-2)20-12-13-21(25(27)24(20)26)22-14-15-23(28)29-22/h4,12-13,16-19,22-23,29H,1,5-11,14-15,28H2,2-3H3. The molecule has 0 radical (unpaired) electrons. The summed E-state index contributed by atoms with van der Waals surface area (Å²) >= 11 is 0. The molecule has 3 rings (SSSR count). The molecule has 4 unspecified atom stereocenters. The van der Waals surface area contributed by atoms with Crippen LogP contribution in [0.4, 0.5) is 8.78 Å². The van der Waals surface area contributed by atoms with Crippen LogP contribution in [0.15, 0.2) is 24.8 Å². The Balaban J connectivity index is 1.67. The molecule has 0 bridgehead atoms. The second-order valence-corrected chi connectivity index (χ2v) is 9.38. The van der Waals surface area contributed by atoms with Gasteiger partial charge in [0.2, 0.25) is 0 Å². The van der Waals surface area contributed by atoms with Gasteiger partial charge in [0.1, 0.15) is 0 Å². The Morgan fingerprint density at radius 1 is 1.10 bits per heavy atom. The molecule has 1 aliphatic carbocycles. The molecule has 0 aromatic heterocycles. The average Bonchev–Trinajstić information content (AvgIpc) is 3.15. The Hall–Kier alpha value is -1.26. The first-order valence-electron chi connectivity index (χ1n) is 11.6. The van der Waals surface area contributed by atoms with E-state index < -0.39 is 11.6 Å². The van der Waals surface area contributed by atoms with E-state index in [1.165, 1.54) is 25.7 Å². The molecule has 1 saturated carbocycles. The maximum Gasteiger partial charge on any atom is 0.163 e. The molecule has 4 heteroatoms. The summed E-state index contributed by atoms with van der Waals surface area (Å²) in [7, 11) is 0. The van der Waals surface area contributed by atoms with Gasteiger partial charge in [0, 0.05) is 11.6 Å². The van der Waals surface area contributed by atoms with Crippen LogP contribution in [0, 0.1) is 29.4 Å². The van der Waals surface area contributed by atoms with Crippen LogP contribution in [-0.4, -0.2) is 6.17 Å². The highest BCUT2D eigenvalue weighted by molar-refractivity contribution is 5.31. The largest absolute Gasteiger partial charge is 0.316 e. The van der Waals surface area contributed by atoms with Crippen molar-refractivity contribution in [1.82, 2.24) is 5.32 Å². The van der Waals surface area contributed by atoms with Gasteiger partial charge in [0.05, 0.1) is 6.17 Å². The third-order valence-corrected chi connectivity index (χ3v) is 7.45. The van der Waals surface area contributed by atoms with E-state index in [1.54, 1.807) is 12.1 Å². The van der Waals surface area contributed by atoms with Crippen LogP contribution in [0.3, 0.4) is 0 Å². The molecule has 3 N–H and O–H groups in total. The van der Waals surface area contributed by atoms with E-state index >= 15 is 0 Å². The Kier molecular flexibility index (Phi) is 7.86. The van der Waals surface area contributed by atoms with Gasteiger partial charge in [-0.25, -0.2) is 8.78 Å². The number of halogens is 2. The summed E-state index contributed by atoms with van der Waals surface area (Å²) in [6, 6.07) is 3.38. The Morgan fingerprint density at radius 2 is 1.83 bits per heavy atom. The van der Waals surface area contributed by atoms with Gasteiger partial charge >= 0.3 is 0 Å².